The highest BCUT2D eigenvalue weighted by atomic mass is 35.5. The first kappa shape index (κ1) is 9.14. The number of alkyl halides is 2. The van der Waals surface area contributed by atoms with Gasteiger partial charge < -0.3 is 5.73 Å². The first-order valence-corrected chi connectivity index (χ1v) is 4.44. The quantitative estimate of drug-likeness (QED) is 0.638. The van der Waals surface area contributed by atoms with Gasteiger partial charge in [-0.3, -0.25) is 4.79 Å². The van der Waals surface area contributed by atoms with Crippen LogP contribution in [0.25, 0.3) is 0 Å². The summed E-state index contributed by atoms with van der Waals surface area (Å²) >= 11 is 11.7. The van der Waals surface area contributed by atoms with Gasteiger partial charge in [0.15, 0.2) is 0 Å². The van der Waals surface area contributed by atoms with Gasteiger partial charge in [-0.1, -0.05) is 0 Å². The lowest BCUT2D eigenvalue weighted by Crippen LogP contribution is -2.32. The Morgan fingerprint density at radius 3 is 2.55 bits per heavy atom. The molecule has 0 aliphatic heterocycles. The molecule has 0 unspecified atom stereocenters. The molecule has 0 bridgehead atoms. The van der Waals surface area contributed by atoms with Gasteiger partial charge in [0.2, 0.25) is 5.91 Å². The molecule has 1 rings (SSSR count). The van der Waals surface area contributed by atoms with Gasteiger partial charge in [0.05, 0.1) is 0 Å². The fourth-order valence-electron chi connectivity index (χ4n) is 1.41. The van der Waals surface area contributed by atoms with Crippen LogP contribution in [0, 0.1) is 5.92 Å². The number of halogens is 2. The number of carbonyl (C=O) groups is 1. The second kappa shape index (κ2) is 3.20. The minimum atomic E-state index is -0.724. The lowest BCUT2D eigenvalue weighted by Gasteiger charge is -2.29. The molecule has 0 saturated heterocycles. The molecular formula is C7H11Cl2NO. The van der Waals surface area contributed by atoms with Crippen LogP contribution in [-0.4, -0.2) is 10.2 Å². The molecule has 1 aliphatic rings. The van der Waals surface area contributed by atoms with Crippen molar-refractivity contribution >= 4 is 29.1 Å². The van der Waals surface area contributed by atoms with Crippen molar-refractivity contribution in [1.29, 1.82) is 0 Å². The van der Waals surface area contributed by atoms with E-state index in [4.69, 9.17) is 28.9 Å². The third-order valence-electron chi connectivity index (χ3n) is 2.04. The van der Waals surface area contributed by atoms with E-state index in [2.05, 4.69) is 0 Å². The summed E-state index contributed by atoms with van der Waals surface area (Å²) in [6, 6.07) is 0. The molecule has 1 aliphatic carbocycles. The Bertz CT molecular complexity index is 170. The molecule has 11 heavy (non-hydrogen) atoms. The summed E-state index contributed by atoms with van der Waals surface area (Å²) in [4.78, 5) is 10.7. The minimum absolute atomic E-state index is 0.126. The molecule has 2 nitrogen and oxygen atoms in total. The highest BCUT2D eigenvalue weighted by Gasteiger charge is 2.34. The van der Waals surface area contributed by atoms with Gasteiger partial charge in [-0.25, -0.2) is 0 Å². The van der Waals surface area contributed by atoms with Crippen molar-refractivity contribution in [1.82, 2.24) is 0 Å². The number of hydrogen-bond donors (Lipinski definition) is 1. The van der Waals surface area contributed by atoms with Crippen LogP contribution in [0.15, 0.2) is 0 Å². The fourth-order valence-corrected chi connectivity index (χ4v) is 2.05. The van der Waals surface area contributed by atoms with E-state index in [0.29, 0.717) is 6.42 Å². The van der Waals surface area contributed by atoms with E-state index in [-0.39, 0.29) is 11.8 Å². The van der Waals surface area contributed by atoms with Crippen LogP contribution in [0.1, 0.15) is 25.7 Å². The van der Waals surface area contributed by atoms with Crippen molar-refractivity contribution in [3.8, 4) is 0 Å². The van der Waals surface area contributed by atoms with Crippen LogP contribution >= 0.6 is 23.2 Å². The molecule has 0 spiro atoms. The molecular weight excluding hydrogens is 185 g/mol. The van der Waals surface area contributed by atoms with E-state index in [1.807, 2.05) is 0 Å². The van der Waals surface area contributed by atoms with Crippen molar-refractivity contribution in [3.63, 3.8) is 0 Å². The average Bonchev–Trinajstić information content (AvgIpc) is 1.85. The topological polar surface area (TPSA) is 43.1 Å². The Kier molecular flexibility index (Phi) is 2.66. The largest absolute Gasteiger partial charge is 0.369 e. The van der Waals surface area contributed by atoms with Crippen LogP contribution in [0.3, 0.4) is 0 Å². The molecule has 0 aromatic carbocycles. The molecule has 4 heteroatoms. The van der Waals surface area contributed by atoms with E-state index in [0.717, 1.165) is 19.3 Å². The Hall–Kier alpha value is 0.0500. The van der Waals surface area contributed by atoms with E-state index in [9.17, 15) is 4.79 Å². The lowest BCUT2D eigenvalue weighted by atomic mass is 9.88. The third kappa shape index (κ3) is 2.53. The maximum atomic E-state index is 10.7. The lowest BCUT2D eigenvalue weighted by molar-refractivity contribution is -0.122. The molecule has 0 aromatic heterocycles. The van der Waals surface area contributed by atoms with Gasteiger partial charge in [0.25, 0.3) is 0 Å². The molecule has 0 heterocycles. The van der Waals surface area contributed by atoms with Crippen molar-refractivity contribution in [2.24, 2.45) is 11.7 Å². The highest BCUT2D eigenvalue weighted by Crippen LogP contribution is 2.40. The summed E-state index contributed by atoms with van der Waals surface area (Å²) in [5.74, 6) is -0.408. The second-order valence-electron chi connectivity index (χ2n) is 3.05. The molecule has 64 valence electrons. The van der Waals surface area contributed by atoms with Crippen molar-refractivity contribution in [2.45, 2.75) is 30.0 Å². The van der Waals surface area contributed by atoms with Crippen LogP contribution in [0.5, 0.6) is 0 Å². The predicted molar refractivity (Wildman–Crippen MR) is 45.6 cm³/mol. The fraction of sp³-hybridized carbons (Fsp3) is 0.857. The molecule has 1 saturated carbocycles. The smallest absolute Gasteiger partial charge is 0.220 e. The van der Waals surface area contributed by atoms with Gasteiger partial charge in [-0.15, -0.1) is 23.2 Å². The van der Waals surface area contributed by atoms with Crippen LogP contribution in [0.2, 0.25) is 0 Å². The van der Waals surface area contributed by atoms with E-state index < -0.39 is 4.33 Å². The van der Waals surface area contributed by atoms with Gasteiger partial charge in [0, 0.05) is 5.92 Å². The van der Waals surface area contributed by atoms with E-state index >= 15 is 0 Å². The van der Waals surface area contributed by atoms with Crippen LogP contribution in [-0.2, 0) is 4.79 Å². The molecule has 0 radical (unpaired) electrons. The first-order valence-electron chi connectivity index (χ1n) is 3.68. The Labute approximate surface area is 76.0 Å². The third-order valence-corrected chi connectivity index (χ3v) is 2.73. The number of carbonyl (C=O) groups excluding carboxylic acids is 1. The van der Waals surface area contributed by atoms with Gasteiger partial charge >= 0.3 is 0 Å². The Morgan fingerprint density at radius 2 is 2.18 bits per heavy atom. The standard InChI is InChI=1S/C7H11Cl2NO/c8-7(9)3-1-2-5(4-7)6(10)11/h5H,1-4H2,(H2,10,11)/t5-/m0/s1. The summed E-state index contributed by atoms with van der Waals surface area (Å²) in [6.07, 6.45) is 2.99. The average molecular weight is 196 g/mol. The number of hydrogen-bond acceptors (Lipinski definition) is 1. The van der Waals surface area contributed by atoms with E-state index in [1.165, 1.54) is 0 Å². The van der Waals surface area contributed by atoms with Gasteiger partial charge in [-0.05, 0) is 25.7 Å². The number of nitrogens with two attached hydrogens (primary N) is 1. The van der Waals surface area contributed by atoms with Crippen molar-refractivity contribution in [2.75, 3.05) is 0 Å². The summed E-state index contributed by atoms with van der Waals surface area (Å²) in [5.41, 5.74) is 5.13. The molecule has 0 aromatic rings. The highest BCUT2D eigenvalue weighted by molar-refractivity contribution is 6.48. The summed E-state index contributed by atoms with van der Waals surface area (Å²) in [5, 5.41) is 0. The number of amides is 1. The molecule has 2 N–H and O–H groups in total. The van der Waals surface area contributed by atoms with Gasteiger partial charge in [-0.2, -0.15) is 0 Å². The molecule has 1 fully saturated rings. The summed E-state index contributed by atoms with van der Waals surface area (Å²) < 4.78 is -0.724. The second-order valence-corrected chi connectivity index (χ2v) is 4.69. The zero-order valence-corrected chi connectivity index (χ0v) is 7.66. The normalized spacial score (nSPS) is 29.8. The molecule has 1 atom stereocenters. The zero-order chi connectivity index (χ0) is 8.48. The maximum Gasteiger partial charge on any atom is 0.220 e. The van der Waals surface area contributed by atoms with Gasteiger partial charge in [0.1, 0.15) is 4.33 Å². The maximum absolute atomic E-state index is 10.7. The summed E-state index contributed by atoms with van der Waals surface area (Å²) in [6.45, 7) is 0. The number of primary amides is 1. The SMILES string of the molecule is NC(=O)[C@H]1CCCC(Cl)(Cl)C1. The first-order chi connectivity index (χ1) is 5.01. The minimum Gasteiger partial charge on any atom is -0.369 e. The Balaban J connectivity index is 2.53. The molecule has 1 amide bonds. The van der Waals surface area contributed by atoms with Crippen LogP contribution in [0.4, 0.5) is 0 Å². The van der Waals surface area contributed by atoms with Crippen LogP contribution < -0.4 is 5.73 Å². The van der Waals surface area contributed by atoms with Crippen molar-refractivity contribution in [3.05, 3.63) is 0 Å². The Morgan fingerprint density at radius 1 is 1.55 bits per heavy atom. The monoisotopic (exact) mass is 195 g/mol. The predicted octanol–water partition coefficient (Wildman–Crippen LogP) is 1.84. The van der Waals surface area contributed by atoms with E-state index in [1.54, 1.807) is 0 Å². The number of rotatable bonds is 1. The summed E-state index contributed by atoms with van der Waals surface area (Å²) in [7, 11) is 0. The zero-order valence-electron chi connectivity index (χ0n) is 6.15. The van der Waals surface area contributed by atoms with Crippen molar-refractivity contribution < 1.29 is 4.79 Å².